The van der Waals surface area contributed by atoms with Crippen LogP contribution >= 0.6 is 0 Å². The van der Waals surface area contributed by atoms with Crippen LogP contribution in [0, 0.1) is 0 Å². The highest BCUT2D eigenvalue weighted by Gasteiger charge is 2.16. The summed E-state index contributed by atoms with van der Waals surface area (Å²) in [6.45, 7) is 5.31. The largest absolute Gasteiger partial charge is 0.496 e. The summed E-state index contributed by atoms with van der Waals surface area (Å²) in [4.78, 5) is 22.2. The predicted molar refractivity (Wildman–Crippen MR) is 79.5 cm³/mol. The number of aliphatic carboxylic acids is 1. The summed E-state index contributed by atoms with van der Waals surface area (Å²) in [5.41, 5.74) is 0.501. The number of methoxy groups -OCH3 is 1. The minimum Gasteiger partial charge on any atom is -0.496 e. The van der Waals surface area contributed by atoms with Gasteiger partial charge in [-0.15, -0.1) is 0 Å². The lowest BCUT2D eigenvalue weighted by molar-refractivity contribution is -0.131. The number of benzene rings is 1. The summed E-state index contributed by atoms with van der Waals surface area (Å²) in [7, 11) is 1.46. The Labute approximate surface area is 123 Å². The van der Waals surface area contributed by atoms with E-state index in [0.29, 0.717) is 17.0 Å². The van der Waals surface area contributed by atoms with E-state index < -0.39 is 17.7 Å². The lowest BCUT2D eigenvalue weighted by Crippen LogP contribution is -2.27. The molecule has 0 atom stereocenters. The Morgan fingerprint density at radius 1 is 1.29 bits per heavy atom. The molecule has 0 radical (unpaired) electrons. The number of carboxylic acid groups (broad SMARTS) is 1. The Balaban J connectivity index is 2.87. The van der Waals surface area contributed by atoms with Gasteiger partial charge in [0.15, 0.2) is 0 Å². The molecule has 2 N–H and O–H groups in total. The van der Waals surface area contributed by atoms with Gasteiger partial charge in [0.2, 0.25) is 0 Å². The third-order valence-electron chi connectivity index (χ3n) is 2.28. The standard InChI is InChI=1S/C15H19NO5/c1-15(2,3)21-14(19)16-11-7-5-10(6-8-13(17)18)12(9-11)20-4/h5-9H,1-4H3,(H,16,19)(H,17,18)/b8-6+. The van der Waals surface area contributed by atoms with Crippen molar-refractivity contribution in [3.05, 3.63) is 29.8 Å². The number of anilines is 1. The Morgan fingerprint density at radius 2 is 1.95 bits per heavy atom. The fourth-order valence-corrected chi connectivity index (χ4v) is 1.51. The van der Waals surface area contributed by atoms with Crippen molar-refractivity contribution in [3.63, 3.8) is 0 Å². The van der Waals surface area contributed by atoms with Gasteiger partial charge in [0.1, 0.15) is 11.4 Å². The molecule has 0 saturated heterocycles. The maximum Gasteiger partial charge on any atom is 0.412 e. The Bertz CT molecular complexity index is 558. The van der Waals surface area contributed by atoms with Crippen LogP contribution in [-0.4, -0.2) is 29.9 Å². The van der Waals surface area contributed by atoms with Gasteiger partial charge in [0, 0.05) is 23.4 Å². The number of amides is 1. The zero-order valence-corrected chi connectivity index (χ0v) is 12.5. The number of carboxylic acids is 1. The van der Waals surface area contributed by atoms with Crippen LogP contribution in [0.5, 0.6) is 5.75 Å². The molecule has 6 nitrogen and oxygen atoms in total. The molecule has 0 aromatic heterocycles. The van der Waals surface area contributed by atoms with Crippen LogP contribution in [0.4, 0.5) is 10.5 Å². The number of rotatable bonds is 4. The minimum atomic E-state index is -1.05. The van der Waals surface area contributed by atoms with Crippen molar-refractivity contribution in [1.29, 1.82) is 0 Å². The first-order valence-electron chi connectivity index (χ1n) is 6.30. The highest BCUT2D eigenvalue weighted by molar-refractivity contribution is 5.87. The van der Waals surface area contributed by atoms with Crippen LogP contribution in [0.2, 0.25) is 0 Å². The van der Waals surface area contributed by atoms with Crippen LogP contribution in [0.1, 0.15) is 26.3 Å². The van der Waals surface area contributed by atoms with E-state index in [1.54, 1.807) is 39.0 Å². The molecule has 0 aliphatic heterocycles. The number of ether oxygens (including phenoxy) is 2. The molecular formula is C15H19NO5. The van der Waals surface area contributed by atoms with Crippen LogP contribution in [0.25, 0.3) is 6.08 Å². The van der Waals surface area contributed by atoms with Crippen molar-refractivity contribution in [2.75, 3.05) is 12.4 Å². The number of nitrogens with one attached hydrogen (secondary N) is 1. The smallest absolute Gasteiger partial charge is 0.412 e. The molecule has 0 bridgehead atoms. The van der Waals surface area contributed by atoms with Gasteiger partial charge in [-0.3, -0.25) is 5.32 Å². The molecule has 1 amide bonds. The Morgan fingerprint density at radius 3 is 2.48 bits per heavy atom. The molecular weight excluding hydrogens is 274 g/mol. The summed E-state index contributed by atoms with van der Waals surface area (Å²) in [6, 6.07) is 4.87. The zero-order chi connectivity index (χ0) is 16.0. The van der Waals surface area contributed by atoms with Crippen molar-refractivity contribution in [3.8, 4) is 5.75 Å². The second-order valence-electron chi connectivity index (χ2n) is 5.26. The van der Waals surface area contributed by atoms with E-state index in [0.717, 1.165) is 6.08 Å². The highest BCUT2D eigenvalue weighted by atomic mass is 16.6. The first-order valence-corrected chi connectivity index (χ1v) is 6.30. The van der Waals surface area contributed by atoms with Gasteiger partial charge < -0.3 is 14.6 Å². The molecule has 6 heteroatoms. The molecule has 0 saturated carbocycles. The van der Waals surface area contributed by atoms with E-state index in [1.807, 2.05) is 0 Å². The number of carbonyl (C=O) groups excluding carboxylic acids is 1. The molecule has 1 aromatic rings. The summed E-state index contributed by atoms with van der Waals surface area (Å²) in [5, 5.41) is 11.2. The first-order chi connectivity index (χ1) is 9.71. The van der Waals surface area contributed by atoms with Crippen molar-refractivity contribution in [2.24, 2.45) is 0 Å². The molecule has 0 fully saturated rings. The number of carbonyl (C=O) groups is 2. The summed E-state index contributed by atoms with van der Waals surface area (Å²) >= 11 is 0. The van der Waals surface area contributed by atoms with Crippen molar-refractivity contribution >= 4 is 23.8 Å². The predicted octanol–water partition coefficient (Wildman–Crippen LogP) is 3.14. The topological polar surface area (TPSA) is 84.9 Å². The van der Waals surface area contributed by atoms with Gasteiger partial charge in [-0.2, -0.15) is 0 Å². The highest BCUT2D eigenvalue weighted by Crippen LogP contribution is 2.24. The molecule has 0 spiro atoms. The number of hydrogen-bond acceptors (Lipinski definition) is 4. The summed E-state index contributed by atoms with van der Waals surface area (Å²) in [5.74, 6) is -0.603. The lowest BCUT2D eigenvalue weighted by atomic mass is 10.1. The second-order valence-corrected chi connectivity index (χ2v) is 5.26. The van der Waals surface area contributed by atoms with Gasteiger partial charge in [-0.1, -0.05) is 0 Å². The van der Waals surface area contributed by atoms with Crippen molar-refractivity contribution < 1.29 is 24.2 Å². The van der Waals surface area contributed by atoms with Crippen molar-refractivity contribution in [1.82, 2.24) is 0 Å². The van der Waals surface area contributed by atoms with Crippen LogP contribution in [0.3, 0.4) is 0 Å². The Hall–Kier alpha value is -2.50. The molecule has 0 aliphatic rings. The van der Waals surface area contributed by atoms with Gasteiger partial charge >= 0.3 is 12.1 Å². The van der Waals surface area contributed by atoms with Crippen LogP contribution in [0.15, 0.2) is 24.3 Å². The van der Waals surface area contributed by atoms with Gasteiger partial charge in [0.25, 0.3) is 0 Å². The van der Waals surface area contributed by atoms with Gasteiger partial charge in [0.05, 0.1) is 7.11 Å². The van der Waals surface area contributed by atoms with E-state index in [4.69, 9.17) is 14.6 Å². The van der Waals surface area contributed by atoms with Crippen LogP contribution < -0.4 is 10.1 Å². The van der Waals surface area contributed by atoms with Gasteiger partial charge in [-0.05, 0) is 39.0 Å². The molecule has 0 aliphatic carbocycles. The monoisotopic (exact) mass is 293 g/mol. The summed E-state index contributed by atoms with van der Waals surface area (Å²) < 4.78 is 10.3. The van der Waals surface area contributed by atoms with E-state index in [2.05, 4.69) is 5.32 Å². The molecule has 1 rings (SSSR count). The van der Waals surface area contributed by atoms with Crippen LogP contribution in [-0.2, 0) is 9.53 Å². The quantitative estimate of drug-likeness (QED) is 0.833. The third-order valence-corrected chi connectivity index (χ3v) is 2.28. The fraction of sp³-hybridized carbons (Fsp3) is 0.333. The maximum absolute atomic E-state index is 11.7. The minimum absolute atomic E-state index is 0.445. The number of hydrogen-bond donors (Lipinski definition) is 2. The van der Waals surface area contributed by atoms with Crippen molar-refractivity contribution in [2.45, 2.75) is 26.4 Å². The second kappa shape index (κ2) is 6.78. The van der Waals surface area contributed by atoms with E-state index in [9.17, 15) is 9.59 Å². The van der Waals surface area contributed by atoms with E-state index >= 15 is 0 Å². The SMILES string of the molecule is COc1cc(NC(=O)OC(C)(C)C)ccc1/C=C/C(=O)O. The van der Waals surface area contributed by atoms with Gasteiger partial charge in [-0.25, -0.2) is 9.59 Å². The molecule has 1 aromatic carbocycles. The van der Waals surface area contributed by atoms with E-state index in [1.165, 1.54) is 13.2 Å². The normalized spacial score (nSPS) is 11.2. The molecule has 0 unspecified atom stereocenters. The molecule has 114 valence electrons. The molecule has 21 heavy (non-hydrogen) atoms. The zero-order valence-electron chi connectivity index (χ0n) is 12.5. The average molecular weight is 293 g/mol. The first kappa shape index (κ1) is 16.6. The lowest BCUT2D eigenvalue weighted by Gasteiger charge is -2.20. The fourth-order valence-electron chi connectivity index (χ4n) is 1.51. The molecule has 0 heterocycles. The average Bonchev–Trinajstić information content (AvgIpc) is 2.34. The maximum atomic E-state index is 11.7. The Kier molecular flexibility index (Phi) is 5.35. The third kappa shape index (κ3) is 5.99. The summed E-state index contributed by atoms with van der Waals surface area (Å²) in [6.07, 6.45) is 1.86. The van der Waals surface area contributed by atoms with E-state index in [-0.39, 0.29) is 0 Å².